The Bertz CT molecular complexity index is 512. The molecule has 1 aromatic rings. The molecule has 1 rings (SSSR count). The van der Waals surface area contributed by atoms with E-state index in [0.29, 0.717) is 17.4 Å². The number of hydrogen-bond donors (Lipinski definition) is 2. The predicted molar refractivity (Wildman–Crippen MR) is 87.4 cm³/mol. The summed E-state index contributed by atoms with van der Waals surface area (Å²) in [5, 5.41) is 3.06. The van der Waals surface area contributed by atoms with Gasteiger partial charge in [0.15, 0.2) is 0 Å². The van der Waals surface area contributed by atoms with Crippen LogP contribution in [-0.4, -0.2) is 41.3 Å². The standard InChI is InChI=1S/C14H26N2O3S2/c1-5-19-10-13(11(2)3)16-21(17,18)14-7-6-12(20-14)8-9-15-4/h6-7,11,13,15-16H,5,8-10H2,1-4H3. The van der Waals surface area contributed by atoms with E-state index in [4.69, 9.17) is 4.74 Å². The van der Waals surface area contributed by atoms with Crippen LogP contribution in [0.15, 0.2) is 16.3 Å². The van der Waals surface area contributed by atoms with Crippen molar-refractivity contribution in [1.82, 2.24) is 10.0 Å². The summed E-state index contributed by atoms with van der Waals surface area (Å²) in [5.41, 5.74) is 0. The molecule has 1 atom stereocenters. The lowest BCUT2D eigenvalue weighted by Crippen LogP contribution is -2.41. The third kappa shape index (κ3) is 6.04. The van der Waals surface area contributed by atoms with E-state index in [1.54, 1.807) is 6.07 Å². The van der Waals surface area contributed by atoms with Gasteiger partial charge in [0.1, 0.15) is 4.21 Å². The largest absolute Gasteiger partial charge is 0.380 e. The normalized spacial score (nSPS) is 13.8. The monoisotopic (exact) mass is 334 g/mol. The smallest absolute Gasteiger partial charge is 0.250 e. The van der Waals surface area contributed by atoms with E-state index in [1.807, 2.05) is 33.9 Å². The number of hydrogen-bond acceptors (Lipinski definition) is 5. The molecule has 0 saturated heterocycles. The van der Waals surface area contributed by atoms with Crippen molar-refractivity contribution in [1.29, 1.82) is 0 Å². The lowest BCUT2D eigenvalue weighted by molar-refractivity contribution is 0.116. The van der Waals surface area contributed by atoms with Crippen molar-refractivity contribution in [3.05, 3.63) is 17.0 Å². The number of rotatable bonds is 10. The Morgan fingerprint density at radius 3 is 2.62 bits per heavy atom. The van der Waals surface area contributed by atoms with Gasteiger partial charge in [-0.15, -0.1) is 11.3 Å². The highest BCUT2D eigenvalue weighted by Gasteiger charge is 2.24. The molecular weight excluding hydrogens is 308 g/mol. The molecule has 0 spiro atoms. The number of likely N-dealkylation sites (N-methyl/N-ethyl adjacent to an activating group) is 1. The Kier molecular flexibility index (Phi) is 7.83. The van der Waals surface area contributed by atoms with Crippen LogP contribution in [0, 0.1) is 5.92 Å². The van der Waals surface area contributed by atoms with Crippen LogP contribution >= 0.6 is 11.3 Å². The van der Waals surface area contributed by atoms with Gasteiger partial charge in [0.05, 0.1) is 6.61 Å². The van der Waals surface area contributed by atoms with Crippen LogP contribution in [0.3, 0.4) is 0 Å². The third-order valence-electron chi connectivity index (χ3n) is 3.14. The van der Waals surface area contributed by atoms with E-state index in [9.17, 15) is 8.42 Å². The molecule has 0 fully saturated rings. The topological polar surface area (TPSA) is 67.4 Å². The Morgan fingerprint density at radius 2 is 2.05 bits per heavy atom. The summed E-state index contributed by atoms with van der Waals surface area (Å²) in [6.45, 7) is 7.69. The first kappa shape index (κ1) is 18.6. The molecule has 1 unspecified atom stereocenters. The molecule has 1 aromatic heterocycles. The molecular formula is C14H26N2O3S2. The summed E-state index contributed by atoms with van der Waals surface area (Å²) >= 11 is 1.33. The summed E-state index contributed by atoms with van der Waals surface area (Å²) in [7, 11) is -1.59. The van der Waals surface area contributed by atoms with Crippen LogP contribution in [-0.2, 0) is 21.2 Å². The van der Waals surface area contributed by atoms with Gasteiger partial charge in [-0.2, -0.15) is 0 Å². The van der Waals surface area contributed by atoms with E-state index in [-0.39, 0.29) is 12.0 Å². The molecule has 122 valence electrons. The average Bonchev–Trinajstić information content (AvgIpc) is 2.90. The summed E-state index contributed by atoms with van der Waals surface area (Å²) < 4.78 is 33.3. The van der Waals surface area contributed by atoms with Crippen molar-refractivity contribution in [2.24, 2.45) is 5.92 Å². The van der Waals surface area contributed by atoms with E-state index < -0.39 is 10.0 Å². The Labute approximate surface area is 132 Å². The van der Waals surface area contributed by atoms with Crippen LogP contribution in [0.4, 0.5) is 0 Å². The molecule has 5 nitrogen and oxygen atoms in total. The maximum absolute atomic E-state index is 12.4. The lowest BCUT2D eigenvalue weighted by Gasteiger charge is -2.21. The summed E-state index contributed by atoms with van der Waals surface area (Å²) in [6, 6.07) is 3.34. The maximum atomic E-state index is 12.4. The van der Waals surface area contributed by atoms with Crippen LogP contribution in [0.5, 0.6) is 0 Å². The Balaban J connectivity index is 2.76. The van der Waals surface area contributed by atoms with Gasteiger partial charge in [0, 0.05) is 17.5 Å². The van der Waals surface area contributed by atoms with E-state index in [2.05, 4.69) is 10.0 Å². The molecule has 7 heteroatoms. The number of sulfonamides is 1. The van der Waals surface area contributed by atoms with Crippen molar-refractivity contribution < 1.29 is 13.2 Å². The van der Waals surface area contributed by atoms with Crippen LogP contribution < -0.4 is 10.0 Å². The van der Waals surface area contributed by atoms with E-state index >= 15 is 0 Å². The molecule has 21 heavy (non-hydrogen) atoms. The molecule has 1 heterocycles. The Hall–Kier alpha value is -0.470. The van der Waals surface area contributed by atoms with Crippen LogP contribution in [0.1, 0.15) is 25.6 Å². The predicted octanol–water partition coefficient (Wildman–Crippen LogP) is 1.85. The minimum absolute atomic E-state index is 0.176. The summed E-state index contributed by atoms with van der Waals surface area (Å²) in [5.74, 6) is 0.176. The van der Waals surface area contributed by atoms with Gasteiger partial charge in [0.25, 0.3) is 0 Å². The SMILES string of the molecule is CCOCC(NS(=O)(=O)c1ccc(CCNC)s1)C(C)C. The van der Waals surface area contributed by atoms with Crippen LogP contribution in [0.2, 0.25) is 0 Å². The van der Waals surface area contributed by atoms with Gasteiger partial charge in [-0.1, -0.05) is 13.8 Å². The molecule has 0 saturated carbocycles. The second-order valence-electron chi connectivity index (χ2n) is 5.21. The minimum Gasteiger partial charge on any atom is -0.380 e. The second-order valence-corrected chi connectivity index (χ2v) is 8.31. The number of thiophene rings is 1. The first-order valence-electron chi connectivity index (χ1n) is 7.24. The molecule has 0 aromatic carbocycles. The van der Waals surface area contributed by atoms with Crippen molar-refractivity contribution in [2.75, 3.05) is 26.8 Å². The maximum Gasteiger partial charge on any atom is 0.250 e. The zero-order valence-electron chi connectivity index (χ0n) is 13.2. The zero-order chi connectivity index (χ0) is 15.9. The fourth-order valence-electron chi connectivity index (χ4n) is 1.75. The highest BCUT2D eigenvalue weighted by Crippen LogP contribution is 2.22. The van der Waals surface area contributed by atoms with E-state index in [0.717, 1.165) is 17.8 Å². The molecule has 0 aliphatic rings. The zero-order valence-corrected chi connectivity index (χ0v) is 14.8. The number of nitrogens with one attached hydrogen (secondary N) is 2. The third-order valence-corrected chi connectivity index (χ3v) is 6.26. The summed E-state index contributed by atoms with van der Waals surface area (Å²) in [6.07, 6.45) is 0.837. The van der Waals surface area contributed by atoms with Gasteiger partial charge in [0.2, 0.25) is 10.0 Å². The van der Waals surface area contributed by atoms with Gasteiger partial charge < -0.3 is 10.1 Å². The van der Waals surface area contributed by atoms with E-state index in [1.165, 1.54) is 11.3 Å². The first-order chi connectivity index (χ1) is 9.90. The van der Waals surface area contributed by atoms with Crippen molar-refractivity contribution >= 4 is 21.4 Å². The van der Waals surface area contributed by atoms with Crippen molar-refractivity contribution in [3.8, 4) is 0 Å². The Morgan fingerprint density at radius 1 is 1.33 bits per heavy atom. The fourth-order valence-corrected chi connectivity index (χ4v) is 4.49. The molecule has 0 aliphatic heterocycles. The lowest BCUT2D eigenvalue weighted by atomic mass is 10.1. The van der Waals surface area contributed by atoms with Gasteiger partial charge in [-0.3, -0.25) is 0 Å². The van der Waals surface area contributed by atoms with Crippen molar-refractivity contribution in [3.63, 3.8) is 0 Å². The van der Waals surface area contributed by atoms with Gasteiger partial charge in [-0.05, 0) is 45.0 Å². The molecule has 0 bridgehead atoms. The molecule has 2 N–H and O–H groups in total. The van der Waals surface area contributed by atoms with Gasteiger partial charge in [-0.25, -0.2) is 13.1 Å². The average molecular weight is 335 g/mol. The highest BCUT2D eigenvalue weighted by molar-refractivity contribution is 7.91. The van der Waals surface area contributed by atoms with Crippen LogP contribution in [0.25, 0.3) is 0 Å². The molecule has 0 amide bonds. The molecule has 0 aliphatic carbocycles. The first-order valence-corrected chi connectivity index (χ1v) is 9.54. The molecule has 0 radical (unpaired) electrons. The fraction of sp³-hybridized carbons (Fsp3) is 0.714. The second kappa shape index (κ2) is 8.85. The highest BCUT2D eigenvalue weighted by atomic mass is 32.2. The number of ether oxygens (including phenoxy) is 1. The minimum atomic E-state index is -3.47. The summed E-state index contributed by atoms with van der Waals surface area (Å²) in [4.78, 5) is 1.07. The van der Waals surface area contributed by atoms with Crippen molar-refractivity contribution in [2.45, 2.75) is 37.4 Å². The quantitative estimate of drug-likeness (QED) is 0.685. The van der Waals surface area contributed by atoms with Gasteiger partial charge >= 0.3 is 0 Å².